The van der Waals surface area contributed by atoms with Gasteiger partial charge in [-0.1, -0.05) is 31.4 Å². The molecule has 0 saturated heterocycles. The highest BCUT2D eigenvalue weighted by molar-refractivity contribution is 5.77. The molecule has 0 bridgehead atoms. The highest BCUT2D eigenvalue weighted by Crippen LogP contribution is 2.28. The van der Waals surface area contributed by atoms with Gasteiger partial charge in [-0.05, 0) is 38.0 Å². The first-order valence-corrected chi connectivity index (χ1v) is 7.39. The molecule has 0 aromatic carbocycles. The SMILES string of the molecule is NC1(CC(=O)NCC2CC=CCC2)CCCCC1. The minimum absolute atomic E-state index is 0.147. The lowest BCUT2D eigenvalue weighted by molar-refractivity contribution is -0.122. The van der Waals surface area contributed by atoms with Crippen molar-refractivity contribution in [3.63, 3.8) is 0 Å². The number of hydrogen-bond acceptors (Lipinski definition) is 2. The van der Waals surface area contributed by atoms with Gasteiger partial charge < -0.3 is 11.1 Å². The van der Waals surface area contributed by atoms with Crippen LogP contribution in [0.4, 0.5) is 0 Å². The van der Waals surface area contributed by atoms with Crippen molar-refractivity contribution in [2.75, 3.05) is 6.54 Å². The summed E-state index contributed by atoms with van der Waals surface area (Å²) in [4.78, 5) is 12.0. The van der Waals surface area contributed by atoms with Crippen LogP contribution in [0.2, 0.25) is 0 Å². The predicted octanol–water partition coefficient (Wildman–Crippen LogP) is 2.51. The Hall–Kier alpha value is -0.830. The molecule has 0 aromatic heterocycles. The van der Waals surface area contributed by atoms with Gasteiger partial charge in [0.05, 0.1) is 0 Å². The molecule has 2 aliphatic rings. The first-order chi connectivity index (χ1) is 8.68. The molecule has 1 unspecified atom stereocenters. The smallest absolute Gasteiger partial charge is 0.221 e. The number of carbonyl (C=O) groups is 1. The van der Waals surface area contributed by atoms with Crippen molar-refractivity contribution in [3.8, 4) is 0 Å². The molecule has 2 rings (SSSR count). The molecule has 0 aromatic rings. The molecule has 1 saturated carbocycles. The first kappa shape index (κ1) is 13.6. The Morgan fingerprint density at radius 3 is 2.72 bits per heavy atom. The van der Waals surface area contributed by atoms with Crippen LogP contribution in [0, 0.1) is 5.92 Å². The van der Waals surface area contributed by atoms with Crippen molar-refractivity contribution in [1.82, 2.24) is 5.32 Å². The fourth-order valence-corrected chi connectivity index (χ4v) is 3.11. The summed E-state index contributed by atoms with van der Waals surface area (Å²) in [5.41, 5.74) is 6.07. The Morgan fingerprint density at radius 1 is 1.28 bits per heavy atom. The van der Waals surface area contributed by atoms with Gasteiger partial charge in [0, 0.05) is 18.5 Å². The number of allylic oxidation sites excluding steroid dienone is 2. The van der Waals surface area contributed by atoms with Crippen molar-refractivity contribution in [3.05, 3.63) is 12.2 Å². The maximum absolute atomic E-state index is 12.0. The molecule has 1 atom stereocenters. The lowest BCUT2D eigenvalue weighted by atomic mass is 9.80. The fourth-order valence-electron chi connectivity index (χ4n) is 3.11. The van der Waals surface area contributed by atoms with Crippen molar-refractivity contribution in [2.24, 2.45) is 11.7 Å². The van der Waals surface area contributed by atoms with Crippen molar-refractivity contribution in [1.29, 1.82) is 0 Å². The summed E-state index contributed by atoms with van der Waals surface area (Å²) in [5, 5.41) is 3.07. The third-order valence-electron chi connectivity index (χ3n) is 4.33. The van der Waals surface area contributed by atoms with Crippen LogP contribution in [-0.2, 0) is 4.79 Å². The molecule has 3 nitrogen and oxygen atoms in total. The van der Waals surface area contributed by atoms with Crippen LogP contribution in [0.25, 0.3) is 0 Å². The second-order valence-corrected chi connectivity index (χ2v) is 6.05. The van der Waals surface area contributed by atoms with Gasteiger partial charge in [0.15, 0.2) is 0 Å². The van der Waals surface area contributed by atoms with Crippen molar-refractivity contribution < 1.29 is 4.79 Å². The molecule has 0 radical (unpaired) electrons. The molecule has 3 heteroatoms. The van der Waals surface area contributed by atoms with E-state index in [9.17, 15) is 4.79 Å². The fraction of sp³-hybridized carbons (Fsp3) is 0.800. The molecule has 0 heterocycles. The van der Waals surface area contributed by atoms with Gasteiger partial charge in [0.1, 0.15) is 0 Å². The summed E-state index contributed by atoms with van der Waals surface area (Å²) in [5.74, 6) is 0.771. The zero-order valence-electron chi connectivity index (χ0n) is 11.3. The zero-order chi connectivity index (χ0) is 12.8. The van der Waals surface area contributed by atoms with E-state index in [-0.39, 0.29) is 11.4 Å². The average Bonchev–Trinajstić information content (AvgIpc) is 2.38. The van der Waals surface area contributed by atoms with Crippen LogP contribution in [0.1, 0.15) is 57.8 Å². The number of nitrogens with one attached hydrogen (secondary N) is 1. The predicted molar refractivity (Wildman–Crippen MR) is 74.1 cm³/mol. The quantitative estimate of drug-likeness (QED) is 0.753. The summed E-state index contributed by atoms with van der Waals surface area (Å²) in [6.45, 7) is 0.819. The Balaban J connectivity index is 1.69. The van der Waals surface area contributed by atoms with Crippen LogP contribution in [0.15, 0.2) is 12.2 Å². The van der Waals surface area contributed by atoms with Crippen molar-refractivity contribution in [2.45, 2.75) is 63.3 Å². The van der Waals surface area contributed by atoms with E-state index in [4.69, 9.17) is 5.73 Å². The maximum Gasteiger partial charge on any atom is 0.221 e. The normalized spacial score (nSPS) is 26.8. The van der Waals surface area contributed by atoms with Crippen LogP contribution >= 0.6 is 0 Å². The van der Waals surface area contributed by atoms with Crippen molar-refractivity contribution >= 4 is 5.91 Å². The van der Waals surface area contributed by atoms with E-state index in [0.717, 1.165) is 32.2 Å². The largest absolute Gasteiger partial charge is 0.356 e. The molecular formula is C15H26N2O. The van der Waals surface area contributed by atoms with Gasteiger partial charge in [-0.25, -0.2) is 0 Å². The topological polar surface area (TPSA) is 55.1 Å². The third-order valence-corrected chi connectivity index (χ3v) is 4.33. The molecule has 2 aliphatic carbocycles. The van der Waals surface area contributed by atoms with Crippen LogP contribution < -0.4 is 11.1 Å². The summed E-state index contributed by atoms with van der Waals surface area (Å²) in [7, 11) is 0. The summed E-state index contributed by atoms with van der Waals surface area (Å²) in [6.07, 6.45) is 14.1. The van der Waals surface area contributed by atoms with Gasteiger partial charge in [-0.3, -0.25) is 4.79 Å². The summed E-state index contributed by atoms with van der Waals surface area (Å²) < 4.78 is 0. The third kappa shape index (κ3) is 4.13. The lowest BCUT2D eigenvalue weighted by Gasteiger charge is -2.33. The van der Waals surface area contributed by atoms with E-state index in [1.165, 1.54) is 25.7 Å². The van der Waals surface area contributed by atoms with Crippen LogP contribution in [0.3, 0.4) is 0 Å². The average molecular weight is 250 g/mol. The molecule has 3 N–H and O–H groups in total. The van der Waals surface area contributed by atoms with Gasteiger partial charge in [0.2, 0.25) is 5.91 Å². The van der Waals surface area contributed by atoms with E-state index >= 15 is 0 Å². The number of hydrogen-bond donors (Lipinski definition) is 2. The first-order valence-electron chi connectivity index (χ1n) is 7.39. The highest BCUT2D eigenvalue weighted by Gasteiger charge is 2.29. The highest BCUT2D eigenvalue weighted by atomic mass is 16.1. The van der Waals surface area contributed by atoms with Gasteiger partial charge in [-0.2, -0.15) is 0 Å². The van der Waals surface area contributed by atoms with Gasteiger partial charge in [-0.15, -0.1) is 0 Å². The summed E-state index contributed by atoms with van der Waals surface area (Å²) in [6, 6.07) is 0. The Labute approximate surface area is 110 Å². The summed E-state index contributed by atoms with van der Waals surface area (Å²) >= 11 is 0. The second kappa shape index (κ2) is 6.37. The number of rotatable bonds is 4. The van der Waals surface area contributed by atoms with Gasteiger partial charge >= 0.3 is 0 Å². The van der Waals surface area contributed by atoms with E-state index in [2.05, 4.69) is 17.5 Å². The number of amides is 1. The molecular weight excluding hydrogens is 224 g/mol. The minimum Gasteiger partial charge on any atom is -0.356 e. The van der Waals surface area contributed by atoms with Gasteiger partial charge in [0.25, 0.3) is 0 Å². The molecule has 1 amide bonds. The molecule has 18 heavy (non-hydrogen) atoms. The second-order valence-electron chi connectivity index (χ2n) is 6.05. The van der Waals surface area contributed by atoms with E-state index in [1.807, 2.05) is 0 Å². The monoisotopic (exact) mass is 250 g/mol. The Kier molecular flexibility index (Phi) is 4.81. The van der Waals surface area contributed by atoms with E-state index in [1.54, 1.807) is 0 Å². The Bertz CT molecular complexity index is 306. The molecule has 1 fully saturated rings. The zero-order valence-corrected chi connectivity index (χ0v) is 11.3. The Morgan fingerprint density at radius 2 is 2.06 bits per heavy atom. The minimum atomic E-state index is -0.227. The molecule has 102 valence electrons. The van der Waals surface area contributed by atoms with E-state index < -0.39 is 0 Å². The number of carbonyl (C=O) groups excluding carboxylic acids is 1. The molecule has 0 spiro atoms. The maximum atomic E-state index is 12.0. The lowest BCUT2D eigenvalue weighted by Crippen LogP contribution is -2.46. The standard InChI is InChI=1S/C15H26N2O/c16-15(9-5-2-6-10-15)11-14(18)17-12-13-7-3-1-4-8-13/h1,3,13H,2,4-12,16H2,(H,17,18). The van der Waals surface area contributed by atoms with Crippen LogP contribution in [-0.4, -0.2) is 18.0 Å². The van der Waals surface area contributed by atoms with E-state index in [0.29, 0.717) is 12.3 Å². The van der Waals surface area contributed by atoms with Crippen LogP contribution in [0.5, 0.6) is 0 Å². The molecule has 0 aliphatic heterocycles. The number of nitrogens with two attached hydrogens (primary N) is 1.